The maximum absolute atomic E-state index is 4.79. The molecule has 0 amide bonds. The number of nitrogens with one attached hydrogen (secondary N) is 1. The number of anilines is 2. The Kier molecular flexibility index (Phi) is 3.28. The first-order chi connectivity index (χ1) is 9.59. The largest absolute Gasteiger partial charge is 0.369 e. The first-order valence-electron chi connectivity index (χ1n) is 7.41. The third-order valence-electron chi connectivity index (χ3n) is 3.89. The van der Waals surface area contributed by atoms with Gasteiger partial charge in [-0.1, -0.05) is 20.8 Å². The van der Waals surface area contributed by atoms with Crippen molar-refractivity contribution in [3.63, 3.8) is 0 Å². The normalized spacial score (nSPS) is 17.9. The first kappa shape index (κ1) is 13.2. The van der Waals surface area contributed by atoms with Crippen LogP contribution in [0.5, 0.6) is 0 Å². The highest BCUT2D eigenvalue weighted by atomic mass is 15.3. The first-order valence-corrected chi connectivity index (χ1v) is 7.41. The minimum absolute atomic E-state index is 0.359. The minimum atomic E-state index is 0.359. The number of aromatic nitrogens is 3. The Balaban J connectivity index is 1.97. The Morgan fingerprint density at radius 1 is 1.40 bits per heavy atom. The maximum Gasteiger partial charge on any atom is 0.180 e. The summed E-state index contributed by atoms with van der Waals surface area (Å²) in [6.45, 7) is 9.83. The summed E-state index contributed by atoms with van der Waals surface area (Å²) in [5.74, 6) is 1.93. The van der Waals surface area contributed by atoms with Crippen LogP contribution >= 0.6 is 0 Å². The average molecular weight is 273 g/mol. The van der Waals surface area contributed by atoms with Crippen molar-refractivity contribution in [1.82, 2.24) is 14.4 Å². The van der Waals surface area contributed by atoms with Crippen molar-refractivity contribution in [3.8, 4) is 0 Å². The average Bonchev–Trinajstić information content (AvgIpc) is 3.01. The number of rotatable bonds is 4. The minimum Gasteiger partial charge on any atom is -0.369 e. The summed E-state index contributed by atoms with van der Waals surface area (Å²) in [7, 11) is 0. The summed E-state index contributed by atoms with van der Waals surface area (Å²) in [5, 5.41) is 3.37. The highest BCUT2D eigenvalue weighted by Gasteiger charge is 2.31. The summed E-state index contributed by atoms with van der Waals surface area (Å²) in [6, 6.07) is 0. The van der Waals surface area contributed by atoms with Crippen LogP contribution in [0.3, 0.4) is 0 Å². The van der Waals surface area contributed by atoms with Gasteiger partial charge in [-0.25, -0.2) is 9.97 Å². The molecule has 0 atom stereocenters. The van der Waals surface area contributed by atoms with Gasteiger partial charge in [-0.3, -0.25) is 0 Å². The van der Waals surface area contributed by atoms with Gasteiger partial charge < -0.3 is 14.6 Å². The molecule has 2 aromatic heterocycles. The van der Waals surface area contributed by atoms with Crippen LogP contribution in [0, 0.1) is 5.41 Å². The second-order valence-corrected chi connectivity index (χ2v) is 6.37. The zero-order chi connectivity index (χ0) is 14.2. The molecule has 1 fully saturated rings. The Morgan fingerprint density at radius 2 is 2.25 bits per heavy atom. The highest BCUT2D eigenvalue weighted by molar-refractivity contribution is 5.67. The molecule has 0 unspecified atom stereocenters. The zero-order valence-corrected chi connectivity index (χ0v) is 12.6. The van der Waals surface area contributed by atoms with E-state index in [2.05, 4.69) is 40.4 Å². The van der Waals surface area contributed by atoms with Gasteiger partial charge in [-0.15, -0.1) is 0 Å². The van der Waals surface area contributed by atoms with Gasteiger partial charge in [0.1, 0.15) is 5.82 Å². The SMILES string of the molecule is CCCNc1cn2ccnc2c(N2CCC(C)(C)C2)n1. The molecule has 3 rings (SSSR count). The molecule has 3 heterocycles. The van der Waals surface area contributed by atoms with Crippen LogP contribution in [-0.4, -0.2) is 34.0 Å². The van der Waals surface area contributed by atoms with E-state index in [1.165, 1.54) is 6.42 Å². The molecule has 0 radical (unpaired) electrons. The van der Waals surface area contributed by atoms with Crippen LogP contribution in [0.25, 0.3) is 5.65 Å². The molecule has 1 aliphatic rings. The van der Waals surface area contributed by atoms with Crippen LogP contribution < -0.4 is 10.2 Å². The van der Waals surface area contributed by atoms with Gasteiger partial charge in [0.15, 0.2) is 11.5 Å². The second-order valence-electron chi connectivity index (χ2n) is 6.37. The van der Waals surface area contributed by atoms with Crippen molar-refractivity contribution in [2.24, 2.45) is 5.41 Å². The van der Waals surface area contributed by atoms with Crippen molar-refractivity contribution in [3.05, 3.63) is 18.6 Å². The van der Waals surface area contributed by atoms with Crippen LogP contribution in [0.2, 0.25) is 0 Å². The van der Waals surface area contributed by atoms with E-state index in [4.69, 9.17) is 4.98 Å². The van der Waals surface area contributed by atoms with E-state index in [9.17, 15) is 0 Å². The molecule has 0 spiro atoms. The lowest BCUT2D eigenvalue weighted by Crippen LogP contribution is -2.24. The van der Waals surface area contributed by atoms with Gasteiger partial charge in [0, 0.05) is 32.0 Å². The van der Waals surface area contributed by atoms with Crippen LogP contribution in [0.15, 0.2) is 18.6 Å². The number of hydrogen-bond acceptors (Lipinski definition) is 4. The van der Waals surface area contributed by atoms with Gasteiger partial charge in [-0.05, 0) is 18.3 Å². The number of nitrogens with zero attached hydrogens (tertiary/aromatic N) is 4. The predicted octanol–water partition coefficient (Wildman–Crippen LogP) is 2.79. The van der Waals surface area contributed by atoms with Crippen LogP contribution in [-0.2, 0) is 0 Å². The van der Waals surface area contributed by atoms with Crippen molar-refractivity contribution >= 4 is 17.3 Å². The fourth-order valence-electron chi connectivity index (χ4n) is 2.76. The molecular formula is C15H23N5. The van der Waals surface area contributed by atoms with Gasteiger partial charge in [0.25, 0.3) is 0 Å². The van der Waals surface area contributed by atoms with E-state index in [0.29, 0.717) is 5.41 Å². The van der Waals surface area contributed by atoms with Gasteiger partial charge in [-0.2, -0.15) is 0 Å². The summed E-state index contributed by atoms with van der Waals surface area (Å²) < 4.78 is 2.06. The molecule has 1 N–H and O–H groups in total. The van der Waals surface area contributed by atoms with Gasteiger partial charge >= 0.3 is 0 Å². The fourth-order valence-corrected chi connectivity index (χ4v) is 2.76. The smallest absolute Gasteiger partial charge is 0.180 e. The van der Waals surface area contributed by atoms with E-state index < -0.39 is 0 Å². The molecule has 1 aliphatic heterocycles. The van der Waals surface area contributed by atoms with Crippen molar-refractivity contribution in [2.75, 3.05) is 29.9 Å². The summed E-state index contributed by atoms with van der Waals surface area (Å²) >= 11 is 0. The molecule has 1 saturated heterocycles. The quantitative estimate of drug-likeness (QED) is 0.930. The van der Waals surface area contributed by atoms with Crippen molar-refractivity contribution in [2.45, 2.75) is 33.6 Å². The Morgan fingerprint density at radius 3 is 2.95 bits per heavy atom. The molecule has 0 aliphatic carbocycles. The van der Waals surface area contributed by atoms with Crippen LogP contribution in [0.1, 0.15) is 33.6 Å². The summed E-state index contributed by atoms with van der Waals surface area (Å²) in [6.07, 6.45) is 8.14. The Labute approximate surface area is 120 Å². The van der Waals surface area contributed by atoms with Gasteiger partial charge in [0.2, 0.25) is 0 Å². The molecule has 0 saturated carbocycles. The zero-order valence-electron chi connectivity index (χ0n) is 12.6. The van der Waals surface area contributed by atoms with E-state index in [0.717, 1.165) is 43.3 Å². The van der Waals surface area contributed by atoms with E-state index in [1.54, 1.807) is 0 Å². The molecular weight excluding hydrogens is 250 g/mol. The molecule has 0 aromatic carbocycles. The topological polar surface area (TPSA) is 45.5 Å². The van der Waals surface area contributed by atoms with E-state index >= 15 is 0 Å². The maximum atomic E-state index is 4.79. The summed E-state index contributed by atoms with van der Waals surface area (Å²) in [4.78, 5) is 11.6. The van der Waals surface area contributed by atoms with Crippen molar-refractivity contribution < 1.29 is 0 Å². The molecule has 5 nitrogen and oxygen atoms in total. The lowest BCUT2D eigenvalue weighted by atomic mass is 9.93. The molecule has 0 bridgehead atoms. The number of fused-ring (bicyclic) bond motifs is 1. The number of hydrogen-bond donors (Lipinski definition) is 1. The second kappa shape index (κ2) is 4.96. The van der Waals surface area contributed by atoms with Crippen molar-refractivity contribution in [1.29, 1.82) is 0 Å². The Bertz CT molecular complexity index is 601. The highest BCUT2D eigenvalue weighted by Crippen LogP contribution is 2.33. The standard InChI is InChI=1S/C15H23N5/c1-4-6-16-12-10-19-9-7-17-13(19)14(18-12)20-8-5-15(2,3)11-20/h7,9-10,16H,4-6,8,11H2,1-3H3. The van der Waals surface area contributed by atoms with Crippen LogP contribution in [0.4, 0.5) is 11.6 Å². The molecule has 2 aromatic rings. The third-order valence-corrected chi connectivity index (χ3v) is 3.89. The fraction of sp³-hybridized carbons (Fsp3) is 0.600. The Hall–Kier alpha value is -1.78. The lowest BCUT2D eigenvalue weighted by molar-refractivity contribution is 0.418. The van der Waals surface area contributed by atoms with E-state index in [1.807, 2.05) is 18.6 Å². The van der Waals surface area contributed by atoms with Gasteiger partial charge in [0.05, 0.1) is 6.20 Å². The monoisotopic (exact) mass is 273 g/mol. The molecule has 108 valence electrons. The van der Waals surface area contributed by atoms with E-state index in [-0.39, 0.29) is 0 Å². The third kappa shape index (κ3) is 2.44. The number of imidazole rings is 1. The molecule has 20 heavy (non-hydrogen) atoms. The predicted molar refractivity (Wildman–Crippen MR) is 82.4 cm³/mol. The molecule has 5 heteroatoms. The summed E-state index contributed by atoms with van der Waals surface area (Å²) in [5.41, 5.74) is 1.31. The lowest BCUT2D eigenvalue weighted by Gasteiger charge is -2.21.